The molecule has 2 aromatic rings. The molecule has 0 amide bonds. The average Bonchev–Trinajstić information content (AvgIpc) is 2.77. The number of ketones is 1. The molecular formula is C25H26O9. The summed E-state index contributed by atoms with van der Waals surface area (Å²) >= 11 is 0. The van der Waals surface area contributed by atoms with Gasteiger partial charge in [-0.15, -0.1) is 0 Å². The Morgan fingerprint density at radius 2 is 1.24 bits per heavy atom. The maximum absolute atomic E-state index is 12.7. The van der Waals surface area contributed by atoms with Crippen LogP contribution in [0.4, 0.5) is 0 Å². The fourth-order valence-electron chi connectivity index (χ4n) is 3.50. The lowest BCUT2D eigenvalue weighted by Gasteiger charge is -2.40. The van der Waals surface area contributed by atoms with Crippen molar-refractivity contribution in [1.29, 1.82) is 0 Å². The van der Waals surface area contributed by atoms with Crippen molar-refractivity contribution in [2.24, 2.45) is 0 Å². The molecule has 9 heteroatoms. The summed E-state index contributed by atoms with van der Waals surface area (Å²) in [6.07, 6.45) is -4.47. The number of hydrogen-bond acceptors (Lipinski definition) is 9. The minimum Gasteiger partial charge on any atom is -0.461 e. The SMILES string of the molecule is CC(=O)O[C@@H]1[C@@H](OC(C)=O)[C@H](Oc2ccc(C(=O)c3ccc(C)cc3)cc2)OC[C@H]1OC(C)=O. The number of carbonyl (C=O) groups is 4. The summed E-state index contributed by atoms with van der Waals surface area (Å²) in [5.41, 5.74) is 2.08. The van der Waals surface area contributed by atoms with E-state index in [1.807, 2.05) is 19.1 Å². The van der Waals surface area contributed by atoms with E-state index in [1.54, 1.807) is 36.4 Å². The highest BCUT2D eigenvalue weighted by Crippen LogP contribution is 2.27. The first-order chi connectivity index (χ1) is 16.1. The molecule has 0 aliphatic carbocycles. The molecule has 1 fully saturated rings. The minimum atomic E-state index is -1.20. The van der Waals surface area contributed by atoms with Crippen molar-refractivity contribution in [3.8, 4) is 5.75 Å². The predicted molar refractivity (Wildman–Crippen MR) is 118 cm³/mol. The maximum Gasteiger partial charge on any atom is 0.303 e. The Labute approximate surface area is 196 Å². The largest absolute Gasteiger partial charge is 0.461 e. The Kier molecular flexibility index (Phi) is 8.01. The first-order valence-electron chi connectivity index (χ1n) is 10.7. The Balaban J connectivity index is 1.78. The van der Waals surface area contributed by atoms with Crippen LogP contribution in [0.5, 0.6) is 5.75 Å². The standard InChI is InChI=1S/C25H26O9/c1-14-5-7-18(8-6-14)22(29)19-9-11-20(12-10-19)34-25-24(33-17(4)28)23(32-16(3)27)21(13-30-25)31-15(2)26/h5-12,21,23-25H,13H2,1-4H3/t21-,23+,24-,25+/m1/s1. The van der Waals surface area contributed by atoms with Gasteiger partial charge in [0.05, 0.1) is 6.61 Å². The molecule has 34 heavy (non-hydrogen) atoms. The van der Waals surface area contributed by atoms with Gasteiger partial charge in [0, 0.05) is 31.9 Å². The summed E-state index contributed by atoms with van der Waals surface area (Å²) in [6, 6.07) is 13.6. The average molecular weight is 470 g/mol. The highest BCUT2D eigenvalue weighted by atomic mass is 16.7. The van der Waals surface area contributed by atoms with Crippen LogP contribution in [-0.2, 0) is 33.3 Å². The number of aryl methyl sites for hydroxylation is 1. The lowest BCUT2D eigenvalue weighted by molar-refractivity contribution is -0.259. The molecule has 0 unspecified atom stereocenters. The molecule has 1 aliphatic rings. The smallest absolute Gasteiger partial charge is 0.303 e. The Bertz CT molecular complexity index is 1040. The molecule has 3 rings (SSSR count). The highest BCUT2D eigenvalue weighted by molar-refractivity contribution is 6.09. The van der Waals surface area contributed by atoms with Gasteiger partial charge in [-0.05, 0) is 31.2 Å². The third-order valence-corrected chi connectivity index (χ3v) is 4.99. The van der Waals surface area contributed by atoms with Gasteiger partial charge in [-0.2, -0.15) is 0 Å². The van der Waals surface area contributed by atoms with Crippen molar-refractivity contribution in [3.63, 3.8) is 0 Å². The molecule has 0 radical (unpaired) electrons. The molecule has 1 heterocycles. The topological polar surface area (TPSA) is 114 Å². The third kappa shape index (κ3) is 6.41. The number of rotatable bonds is 7. The number of ether oxygens (including phenoxy) is 5. The van der Waals surface area contributed by atoms with Crippen LogP contribution in [0.1, 0.15) is 42.3 Å². The molecule has 1 aliphatic heterocycles. The van der Waals surface area contributed by atoms with Gasteiger partial charge in [-0.1, -0.05) is 29.8 Å². The van der Waals surface area contributed by atoms with Gasteiger partial charge in [0.15, 0.2) is 18.0 Å². The van der Waals surface area contributed by atoms with Crippen molar-refractivity contribution in [2.75, 3.05) is 6.61 Å². The zero-order chi connectivity index (χ0) is 24.8. The quantitative estimate of drug-likeness (QED) is 0.342. The molecule has 0 saturated carbocycles. The molecule has 1 saturated heterocycles. The van der Waals surface area contributed by atoms with Crippen molar-refractivity contribution >= 4 is 23.7 Å². The third-order valence-electron chi connectivity index (χ3n) is 4.99. The summed E-state index contributed by atoms with van der Waals surface area (Å²) in [5, 5.41) is 0. The first kappa shape index (κ1) is 24.9. The summed E-state index contributed by atoms with van der Waals surface area (Å²) in [5.74, 6) is -1.74. The molecule has 180 valence electrons. The second-order valence-electron chi connectivity index (χ2n) is 7.84. The number of benzene rings is 2. The van der Waals surface area contributed by atoms with Gasteiger partial charge in [0.1, 0.15) is 5.75 Å². The van der Waals surface area contributed by atoms with Gasteiger partial charge in [-0.3, -0.25) is 19.2 Å². The summed E-state index contributed by atoms with van der Waals surface area (Å²) in [7, 11) is 0. The lowest BCUT2D eigenvalue weighted by Crippen LogP contribution is -2.59. The van der Waals surface area contributed by atoms with E-state index >= 15 is 0 Å². The van der Waals surface area contributed by atoms with Gasteiger partial charge in [0.25, 0.3) is 0 Å². The van der Waals surface area contributed by atoms with Crippen LogP contribution >= 0.6 is 0 Å². The van der Waals surface area contributed by atoms with Crippen LogP contribution < -0.4 is 4.74 Å². The second kappa shape index (κ2) is 10.9. The van der Waals surface area contributed by atoms with E-state index in [0.29, 0.717) is 16.9 Å². The van der Waals surface area contributed by atoms with Gasteiger partial charge in [-0.25, -0.2) is 0 Å². The Hall–Kier alpha value is -3.72. The zero-order valence-electron chi connectivity index (χ0n) is 19.3. The monoisotopic (exact) mass is 470 g/mol. The van der Waals surface area contributed by atoms with Crippen LogP contribution in [0.3, 0.4) is 0 Å². The molecule has 2 aromatic carbocycles. The van der Waals surface area contributed by atoms with Crippen LogP contribution in [0.15, 0.2) is 48.5 Å². The van der Waals surface area contributed by atoms with E-state index < -0.39 is 42.5 Å². The van der Waals surface area contributed by atoms with Crippen LogP contribution in [0.2, 0.25) is 0 Å². The van der Waals surface area contributed by atoms with Crippen molar-refractivity contribution in [3.05, 3.63) is 65.2 Å². The fraction of sp³-hybridized carbons (Fsp3) is 0.360. The predicted octanol–water partition coefficient (Wildman–Crippen LogP) is 2.76. The fourth-order valence-corrected chi connectivity index (χ4v) is 3.50. The Morgan fingerprint density at radius 3 is 1.76 bits per heavy atom. The van der Waals surface area contributed by atoms with Gasteiger partial charge in [0.2, 0.25) is 12.4 Å². The van der Waals surface area contributed by atoms with Crippen LogP contribution in [0, 0.1) is 6.92 Å². The minimum absolute atomic E-state index is 0.141. The lowest BCUT2D eigenvalue weighted by atomic mass is 10.0. The molecule has 0 spiro atoms. The van der Waals surface area contributed by atoms with Crippen molar-refractivity contribution in [1.82, 2.24) is 0 Å². The molecule has 0 aromatic heterocycles. The van der Waals surface area contributed by atoms with Gasteiger partial charge >= 0.3 is 17.9 Å². The summed E-state index contributed by atoms with van der Waals surface area (Å²) in [4.78, 5) is 47.5. The molecular weight excluding hydrogens is 444 g/mol. The van der Waals surface area contributed by atoms with E-state index in [0.717, 1.165) is 5.56 Å². The second-order valence-corrected chi connectivity index (χ2v) is 7.84. The number of carbonyl (C=O) groups excluding carboxylic acids is 4. The molecule has 4 atom stereocenters. The number of hydrogen-bond donors (Lipinski definition) is 0. The van der Waals surface area contributed by atoms with E-state index in [2.05, 4.69) is 0 Å². The normalized spacial score (nSPS) is 21.8. The summed E-state index contributed by atoms with van der Waals surface area (Å²) < 4.78 is 27.3. The highest BCUT2D eigenvalue weighted by Gasteiger charge is 2.48. The first-order valence-corrected chi connectivity index (χ1v) is 10.7. The van der Waals surface area contributed by atoms with Gasteiger partial charge < -0.3 is 23.7 Å². The molecule has 9 nitrogen and oxygen atoms in total. The maximum atomic E-state index is 12.7. The Morgan fingerprint density at radius 1 is 0.735 bits per heavy atom. The van der Waals surface area contributed by atoms with Crippen molar-refractivity contribution < 1.29 is 42.9 Å². The van der Waals surface area contributed by atoms with Crippen LogP contribution in [0.25, 0.3) is 0 Å². The van der Waals surface area contributed by atoms with E-state index in [9.17, 15) is 19.2 Å². The molecule has 0 N–H and O–H groups in total. The van der Waals surface area contributed by atoms with E-state index in [1.165, 1.54) is 20.8 Å². The number of esters is 3. The van der Waals surface area contributed by atoms with Crippen LogP contribution in [-0.4, -0.2) is 54.9 Å². The van der Waals surface area contributed by atoms with Crippen molar-refractivity contribution in [2.45, 2.75) is 52.3 Å². The summed E-state index contributed by atoms with van der Waals surface area (Å²) in [6.45, 7) is 5.36. The molecule has 0 bridgehead atoms. The van der Waals surface area contributed by atoms with E-state index in [-0.39, 0.29) is 12.4 Å². The van der Waals surface area contributed by atoms with E-state index in [4.69, 9.17) is 23.7 Å². The zero-order valence-corrected chi connectivity index (χ0v) is 19.3.